The van der Waals surface area contributed by atoms with Gasteiger partial charge in [-0.25, -0.2) is 4.79 Å². The number of carbonyl (C=O) groups excluding carboxylic acids is 2. The molecular weight excluding hydrogens is 276 g/mol. The van der Waals surface area contributed by atoms with Gasteiger partial charge in [-0.15, -0.1) is 10.2 Å². The van der Waals surface area contributed by atoms with Crippen molar-refractivity contribution < 1.29 is 18.7 Å². The summed E-state index contributed by atoms with van der Waals surface area (Å²) >= 11 is 0. The average molecular weight is 298 g/mol. The van der Waals surface area contributed by atoms with Crippen LogP contribution in [0.3, 0.4) is 0 Å². The molecule has 0 fully saturated rings. The van der Waals surface area contributed by atoms with Crippen LogP contribution in [0.4, 0.5) is 4.79 Å². The summed E-state index contributed by atoms with van der Waals surface area (Å²) in [5.74, 6) is -1.13. The number of nitrogens with zero attached hydrogens (tertiary/aromatic N) is 2. The SMILES string of the molecule is CC(C)(C)NC(=O)O[C@H](c1nnc(C(N)=O)o1)C(C)(C)C. The zero-order chi connectivity index (χ0) is 16.4. The molecule has 1 aromatic heterocycles. The van der Waals surface area contributed by atoms with Crippen LogP contribution in [0.5, 0.6) is 0 Å². The van der Waals surface area contributed by atoms with E-state index in [2.05, 4.69) is 15.5 Å². The Morgan fingerprint density at radius 3 is 2.14 bits per heavy atom. The first-order valence-electron chi connectivity index (χ1n) is 6.52. The number of hydrogen-bond donors (Lipinski definition) is 2. The van der Waals surface area contributed by atoms with Crippen molar-refractivity contribution in [3.05, 3.63) is 11.8 Å². The first-order valence-corrected chi connectivity index (χ1v) is 6.52. The lowest BCUT2D eigenvalue weighted by atomic mass is 9.89. The number of primary amides is 1. The van der Waals surface area contributed by atoms with E-state index >= 15 is 0 Å². The van der Waals surface area contributed by atoms with Crippen molar-refractivity contribution in [1.29, 1.82) is 0 Å². The fraction of sp³-hybridized carbons (Fsp3) is 0.692. The van der Waals surface area contributed by atoms with Crippen LogP contribution < -0.4 is 11.1 Å². The molecule has 118 valence electrons. The van der Waals surface area contributed by atoms with E-state index in [-0.39, 0.29) is 11.8 Å². The van der Waals surface area contributed by atoms with Crippen molar-refractivity contribution in [1.82, 2.24) is 15.5 Å². The third kappa shape index (κ3) is 5.05. The summed E-state index contributed by atoms with van der Waals surface area (Å²) in [5, 5.41) is 9.94. The Bertz CT molecular complexity index is 525. The van der Waals surface area contributed by atoms with Gasteiger partial charge in [0.25, 0.3) is 5.89 Å². The topological polar surface area (TPSA) is 120 Å². The highest BCUT2D eigenvalue weighted by Gasteiger charge is 2.35. The highest BCUT2D eigenvalue weighted by atomic mass is 16.6. The second kappa shape index (κ2) is 5.71. The third-order valence-corrected chi connectivity index (χ3v) is 2.36. The molecule has 1 heterocycles. The molecule has 3 N–H and O–H groups in total. The number of rotatable bonds is 3. The van der Waals surface area contributed by atoms with E-state index in [1.807, 2.05) is 41.5 Å². The number of amides is 2. The molecule has 0 aromatic carbocycles. The van der Waals surface area contributed by atoms with Gasteiger partial charge in [0.1, 0.15) is 0 Å². The molecule has 0 aliphatic heterocycles. The van der Waals surface area contributed by atoms with Crippen LogP contribution in [0.25, 0.3) is 0 Å². The fourth-order valence-corrected chi connectivity index (χ4v) is 1.48. The van der Waals surface area contributed by atoms with Gasteiger partial charge in [0, 0.05) is 11.0 Å². The van der Waals surface area contributed by atoms with Crippen LogP contribution in [0, 0.1) is 5.41 Å². The molecule has 0 aliphatic rings. The van der Waals surface area contributed by atoms with Crippen LogP contribution in [0.2, 0.25) is 0 Å². The quantitative estimate of drug-likeness (QED) is 0.877. The molecule has 0 bridgehead atoms. The summed E-state index contributed by atoms with van der Waals surface area (Å²) in [5.41, 5.74) is 4.12. The van der Waals surface area contributed by atoms with E-state index in [0.717, 1.165) is 0 Å². The zero-order valence-electron chi connectivity index (χ0n) is 13.2. The normalized spacial score (nSPS) is 13.6. The molecule has 0 aliphatic carbocycles. The van der Waals surface area contributed by atoms with Gasteiger partial charge in [0.15, 0.2) is 6.10 Å². The summed E-state index contributed by atoms with van der Waals surface area (Å²) in [7, 11) is 0. The lowest BCUT2D eigenvalue weighted by Crippen LogP contribution is -2.42. The Morgan fingerprint density at radius 1 is 1.19 bits per heavy atom. The van der Waals surface area contributed by atoms with E-state index in [9.17, 15) is 9.59 Å². The Labute approximate surface area is 123 Å². The molecule has 0 unspecified atom stereocenters. The standard InChI is InChI=1S/C13H22N4O4/c1-12(2,3)7(20-11(19)15-13(4,5)6)9-16-17-10(21-9)8(14)18/h7H,1-6H3,(H2,14,18)(H,15,19)/t7-/m1/s1. The molecule has 1 rings (SSSR count). The van der Waals surface area contributed by atoms with E-state index < -0.39 is 29.1 Å². The molecule has 21 heavy (non-hydrogen) atoms. The maximum absolute atomic E-state index is 11.9. The average Bonchev–Trinajstić information content (AvgIpc) is 2.70. The van der Waals surface area contributed by atoms with Crippen molar-refractivity contribution >= 4 is 12.0 Å². The zero-order valence-corrected chi connectivity index (χ0v) is 13.2. The molecule has 8 nitrogen and oxygen atoms in total. The Balaban J connectivity index is 2.96. The van der Waals surface area contributed by atoms with Gasteiger partial charge in [-0.1, -0.05) is 20.8 Å². The van der Waals surface area contributed by atoms with Gasteiger partial charge >= 0.3 is 17.9 Å². The second-order valence-corrected chi connectivity index (χ2v) is 6.84. The number of alkyl carbamates (subject to hydrolysis) is 1. The number of nitrogens with two attached hydrogens (primary N) is 1. The predicted molar refractivity (Wildman–Crippen MR) is 74.4 cm³/mol. The summed E-state index contributed by atoms with van der Waals surface area (Å²) in [6.07, 6.45) is -1.42. The highest BCUT2D eigenvalue weighted by molar-refractivity contribution is 5.87. The highest BCUT2D eigenvalue weighted by Crippen LogP contribution is 2.35. The number of ether oxygens (including phenoxy) is 1. The van der Waals surface area contributed by atoms with E-state index in [4.69, 9.17) is 14.9 Å². The molecule has 0 radical (unpaired) electrons. The van der Waals surface area contributed by atoms with Crippen LogP contribution in [-0.2, 0) is 4.74 Å². The minimum Gasteiger partial charge on any atom is -0.436 e. The lowest BCUT2D eigenvalue weighted by molar-refractivity contribution is 0.00927. The van der Waals surface area contributed by atoms with Crippen LogP contribution >= 0.6 is 0 Å². The van der Waals surface area contributed by atoms with Crippen molar-refractivity contribution in [3.63, 3.8) is 0 Å². The van der Waals surface area contributed by atoms with Crippen molar-refractivity contribution in [2.75, 3.05) is 0 Å². The van der Waals surface area contributed by atoms with Crippen LogP contribution in [0.15, 0.2) is 4.42 Å². The smallest absolute Gasteiger partial charge is 0.408 e. The molecule has 1 aromatic rings. The molecule has 0 saturated carbocycles. The van der Waals surface area contributed by atoms with Gasteiger partial charge in [-0.3, -0.25) is 4.79 Å². The second-order valence-electron chi connectivity index (χ2n) is 6.84. The molecule has 1 atom stereocenters. The van der Waals surface area contributed by atoms with Crippen molar-refractivity contribution in [3.8, 4) is 0 Å². The Kier molecular flexibility index (Phi) is 4.60. The maximum Gasteiger partial charge on any atom is 0.408 e. The Hall–Kier alpha value is -2.12. The van der Waals surface area contributed by atoms with Crippen LogP contribution in [-0.4, -0.2) is 27.7 Å². The van der Waals surface area contributed by atoms with E-state index in [0.29, 0.717) is 0 Å². The predicted octanol–water partition coefficient (Wildman–Crippen LogP) is 1.78. The minimum absolute atomic E-state index is 0.0281. The summed E-state index contributed by atoms with van der Waals surface area (Å²) in [6.45, 7) is 11.0. The number of carbonyl (C=O) groups is 2. The molecule has 8 heteroatoms. The molecule has 0 saturated heterocycles. The van der Waals surface area contributed by atoms with Gasteiger partial charge in [0.2, 0.25) is 0 Å². The van der Waals surface area contributed by atoms with Gasteiger partial charge in [-0.05, 0) is 20.8 Å². The minimum atomic E-state index is -0.833. The largest absolute Gasteiger partial charge is 0.436 e. The lowest BCUT2D eigenvalue weighted by Gasteiger charge is -2.29. The van der Waals surface area contributed by atoms with Gasteiger partial charge in [-0.2, -0.15) is 0 Å². The summed E-state index contributed by atoms with van der Waals surface area (Å²) in [6, 6.07) is 0. The van der Waals surface area contributed by atoms with Crippen molar-refractivity contribution in [2.45, 2.75) is 53.2 Å². The summed E-state index contributed by atoms with van der Waals surface area (Å²) < 4.78 is 10.5. The molecule has 2 amide bonds. The van der Waals surface area contributed by atoms with E-state index in [1.54, 1.807) is 0 Å². The maximum atomic E-state index is 11.9. The number of nitrogens with one attached hydrogen (secondary N) is 1. The van der Waals surface area contributed by atoms with E-state index in [1.165, 1.54) is 0 Å². The van der Waals surface area contributed by atoms with Crippen LogP contribution in [0.1, 0.15) is 64.2 Å². The number of aromatic nitrogens is 2. The third-order valence-electron chi connectivity index (χ3n) is 2.36. The van der Waals surface area contributed by atoms with Gasteiger partial charge in [0.05, 0.1) is 0 Å². The molecular formula is C13H22N4O4. The van der Waals surface area contributed by atoms with Crippen molar-refractivity contribution in [2.24, 2.45) is 11.1 Å². The Morgan fingerprint density at radius 2 is 1.76 bits per heavy atom. The fourth-order valence-electron chi connectivity index (χ4n) is 1.48. The molecule has 0 spiro atoms. The first-order chi connectivity index (χ1) is 9.40. The monoisotopic (exact) mass is 298 g/mol. The van der Waals surface area contributed by atoms with Gasteiger partial charge < -0.3 is 20.2 Å². The number of hydrogen-bond acceptors (Lipinski definition) is 6. The first kappa shape index (κ1) is 16.9. The summed E-state index contributed by atoms with van der Waals surface area (Å²) in [4.78, 5) is 22.9.